The quantitative estimate of drug-likeness (QED) is 0.0321. The molecule has 0 saturated heterocycles. The number of hydrogen-bond donors (Lipinski definition) is 3. The summed E-state index contributed by atoms with van der Waals surface area (Å²) < 4.78 is 5.49. The molecule has 0 heterocycles. The zero-order chi connectivity index (χ0) is 48.6. The molecule has 396 valence electrons. The van der Waals surface area contributed by atoms with E-state index in [1.165, 1.54) is 257 Å². The summed E-state index contributed by atoms with van der Waals surface area (Å²) in [6.07, 6.45) is 69.2. The third-order valence-electron chi connectivity index (χ3n) is 14.0. The lowest BCUT2D eigenvalue weighted by Gasteiger charge is -2.20. The number of hydrogen-bond acceptors (Lipinski definition) is 5. The van der Waals surface area contributed by atoms with E-state index in [0.29, 0.717) is 19.4 Å². The van der Waals surface area contributed by atoms with Crippen LogP contribution in [-0.4, -0.2) is 47.4 Å². The largest absolute Gasteiger partial charge is 0.466 e. The van der Waals surface area contributed by atoms with E-state index in [-0.39, 0.29) is 18.5 Å². The Morgan fingerprint density at radius 2 is 0.701 bits per heavy atom. The molecular weight excluding hydrogens is 827 g/mol. The highest BCUT2D eigenvalue weighted by molar-refractivity contribution is 5.76. The molecule has 0 aromatic rings. The highest BCUT2D eigenvalue weighted by Crippen LogP contribution is 2.17. The van der Waals surface area contributed by atoms with Crippen molar-refractivity contribution in [3.63, 3.8) is 0 Å². The maximum Gasteiger partial charge on any atom is 0.305 e. The minimum absolute atomic E-state index is 0.00431. The lowest BCUT2D eigenvalue weighted by molar-refractivity contribution is -0.143. The van der Waals surface area contributed by atoms with Gasteiger partial charge < -0.3 is 20.3 Å². The van der Waals surface area contributed by atoms with Crippen molar-refractivity contribution in [3.05, 3.63) is 24.3 Å². The van der Waals surface area contributed by atoms with Gasteiger partial charge in [-0.05, 0) is 57.8 Å². The van der Waals surface area contributed by atoms with Crippen molar-refractivity contribution in [3.8, 4) is 0 Å². The molecule has 0 fully saturated rings. The van der Waals surface area contributed by atoms with Crippen LogP contribution in [0.5, 0.6) is 0 Å². The molecule has 0 aliphatic carbocycles. The van der Waals surface area contributed by atoms with Gasteiger partial charge in [0.25, 0.3) is 0 Å². The SMILES string of the molecule is CCCCCCCC/C=C\CCCCCCCCCCCC(=O)OCCCCCCCCCCCCCCCCCCCC(=O)NC(CO)C(O)/C=C/CCCCCCCCCCCCCC. The van der Waals surface area contributed by atoms with E-state index >= 15 is 0 Å². The number of allylic oxidation sites excluding steroid dienone is 3. The Morgan fingerprint density at radius 1 is 0.403 bits per heavy atom. The number of amides is 1. The van der Waals surface area contributed by atoms with Crippen molar-refractivity contribution < 1.29 is 24.5 Å². The number of nitrogens with one attached hydrogen (secondary N) is 1. The van der Waals surface area contributed by atoms with Crippen LogP contribution in [0.25, 0.3) is 0 Å². The molecule has 0 saturated carbocycles. The van der Waals surface area contributed by atoms with Crippen LogP contribution in [0.3, 0.4) is 0 Å². The summed E-state index contributed by atoms with van der Waals surface area (Å²) in [4.78, 5) is 24.5. The number of esters is 1. The van der Waals surface area contributed by atoms with Gasteiger partial charge in [-0.25, -0.2) is 0 Å². The van der Waals surface area contributed by atoms with Crippen LogP contribution in [0.2, 0.25) is 0 Å². The Labute approximate surface area is 418 Å². The Bertz CT molecular complexity index is 1040. The highest BCUT2D eigenvalue weighted by atomic mass is 16.5. The zero-order valence-corrected chi connectivity index (χ0v) is 45.1. The van der Waals surface area contributed by atoms with Gasteiger partial charge >= 0.3 is 5.97 Å². The van der Waals surface area contributed by atoms with Gasteiger partial charge in [-0.3, -0.25) is 9.59 Å². The molecule has 2 unspecified atom stereocenters. The van der Waals surface area contributed by atoms with Crippen molar-refractivity contribution in [1.29, 1.82) is 0 Å². The molecule has 1 amide bonds. The fraction of sp³-hybridized carbons (Fsp3) is 0.902. The van der Waals surface area contributed by atoms with E-state index in [0.717, 1.165) is 44.9 Å². The summed E-state index contributed by atoms with van der Waals surface area (Å²) in [5, 5.41) is 23.1. The van der Waals surface area contributed by atoms with Crippen molar-refractivity contribution >= 4 is 11.9 Å². The number of aliphatic hydroxyl groups is 2. The Kier molecular flexibility index (Phi) is 55.5. The van der Waals surface area contributed by atoms with E-state index in [4.69, 9.17) is 4.74 Å². The van der Waals surface area contributed by atoms with Crippen LogP contribution >= 0.6 is 0 Å². The molecule has 0 aliphatic rings. The monoisotopic (exact) mass is 944 g/mol. The van der Waals surface area contributed by atoms with Gasteiger partial charge in [-0.1, -0.05) is 282 Å². The predicted molar refractivity (Wildman–Crippen MR) is 292 cm³/mol. The second-order valence-corrected chi connectivity index (χ2v) is 20.7. The molecule has 0 aromatic heterocycles. The second kappa shape index (κ2) is 56.9. The predicted octanol–water partition coefficient (Wildman–Crippen LogP) is 18.6. The molecule has 0 rings (SSSR count). The number of carbonyl (C=O) groups is 2. The van der Waals surface area contributed by atoms with Gasteiger partial charge in [0.15, 0.2) is 0 Å². The van der Waals surface area contributed by atoms with Crippen LogP contribution in [0.15, 0.2) is 24.3 Å². The lowest BCUT2D eigenvalue weighted by atomic mass is 10.0. The molecule has 0 aromatic carbocycles. The van der Waals surface area contributed by atoms with Gasteiger partial charge in [-0.2, -0.15) is 0 Å². The first-order valence-corrected chi connectivity index (χ1v) is 30.1. The minimum atomic E-state index is -0.847. The maximum absolute atomic E-state index is 12.4. The van der Waals surface area contributed by atoms with E-state index in [2.05, 4.69) is 31.3 Å². The highest BCUT2D eigenvalue weighted by Gasteiger charge is 2.18. The summed E-state index contributed by atoms with van der Waals surface area (Å²) in [6, 6.07) is -0.631. The van der Waals surface area contributed by atoms with Crippen LogP contribution < -0.4 is 5.32 Å². The third-order valence-corrected chi connectivity index (χ3v) is 14.0. The smallest absolute Gasteiger partial charge is 0.305 e. The summed E-state index contributed by atoms with van der Waals surface area (Å²) in [5.74, 6) is -0.0679. The number of carbonyl (C=O) groups excluding carboxylic acids is 2. The molecule has 6 nitrogen and oxygen atoms in total. The molecule has 0 bridgehead atoms. The summed E-state index contributed by atoms with van der Waals surface area (Å²) in [6.45, 7) is 4.90. The van der Waals surface area contributed by atoms with E-state index < -0.39 is 12.1 Å². The Hall–Kier alpha value is -1.66. The van der Waals surface area contributed by atoms with E-state index in [9.17, 15) is 19.8 Å². The molecule has 2 atom stereocenters. The fourth-order valence-electron chi connectivity index (χ4n) is 9.34. The average molecular weight is 945 g/mol. The van der Waals surface area contributed by atoms with Crippen LogP contribution in [0, 0.1) is 0 Å². The van der Waals surface area contributed by atoms with Crippen molar-refractivity contribution in [2.45, 2.75) is 341 Å². The van der Waals surface area contributed by atoms with E-state index in [1.807, 2.05) is 6.08 Å². The Morgan fingerprint density at radius 3 is 1.06 bits per heavy atom. The van der Waals surface area contributed by atoms with Crippen molar-refractivity contribution in [2.24, 2.45) is 0 Å². The summed E-state index contributed by atoms with van der Waals surface area (Å²) >= 11 is 0. The number of unbranched alkanes of at least 4 members (excludes halogenated alkanes) is 43. The van der Waals surface area contributed by atoms with E-state index in [1.54, 1.807) is 6.08 Å². The summed E-state index contributed by atoms with van der Waals surface area (Å²) in [5.41, 5.74) is 0. The van der Waals surface area contributed by atoms with Crippen LogP contribution in [-0.2, 0) is 14.3 Å². The standard InChI is InChI=1S/C61H117NO5/c1-3-5-7-9-11-13-15-17-19-20-21-24-27-31-35-39-43-47-51-55-61(66)67-56-52-48-44-40-36-32-28-25-22-23-26-30-34-38-42-46-50-54-60(65)62-58(57-63)59(64)53-49-45-41-37-33-29-18-16-14-12-10-8-6-4-2/h17,19,49,53,58-59,63-64H,3-16,18,20-48,50-52,54-57H2,1-2H3,(H,62,65)/b19-17-,53-49+. The van der Waals surface area contributed by atoms with Gasteiger partial charge in [0.05, 0.1) is 25.4 Å². The van der Waals surface area contributed by atoms with Crippen molar-refractivity contribution in [1.82, 2.24) is 5.32 Å². The zero-order valence-electron chi connectivity index (χ0n) is 45.1. The number of aliphatic hydroxyl groups excluding tert-OH is 2. The molecule has 67 heavy (non-hydrogen) atoms. The first kappa shape index (κ1) is 65.3. The van der Waals surface area contributed by atoms with Gasteiger partial charge in [0.1, 0.15) is 0 Å². The second-order valence-electron chi connectivity index (χ2n) is 20.7. The van der Waals surface area contributed by atoms with Crippen LogP contribution in [0.4, 0.5) is 0 Å². The lowest BCUT2D eigenvalue weighted by Crippen LogP contribution is -2.45. The topological polar surface area (TPSA) is 95.9 Å². The Balaban J connectivity index is 3.41. The fourth-order valence-corrected chi connectivity index (χ4v) is 9.34. The third kappa shape index (κ3) is 53.5. The number of ether oxygens (including phenoxy) is 1. The average Bonchev–Trinajstić information content (AvgIpc) is 3.33. The summed E-state index contributed by atoms with van der Waals surface area (Å²) in [7, 11) is 0. The van der Waals surface area contributed by atoms with Crippen LogP contribution in [0.1, 0.15) is 328 Å². The molecule has 0 radical (unpaired) electrons. The molecule has 6 heteroatoms. The van der Waals surface area contributed by atoms with Gasteiger partial charge in [-0.15, -0.1) is 0 Å². The molecule has 0 aliphatic heterocycles. The van der Waals surface area contributed by atoms with Gasteiger partial charge in [0, 0.05) is 12.8 Å². The maximum atomic E-state index is 12.4. The number of rotatable bonds is 56. The first-order chi connectivity index (χ1) is 33.0. The minimum Gasteiger partial charge on any atom is -0.466 e. The molecular formula is C61H117NO5. The van der Waals surface area contributed by atoms with Gasteiger partial charge in [0.2, 0.25) is 5.91 Å². The normalized spacial score (nSPS) is 12.7. The molecule has 3 N–H and O–H groups in total. The van der Waals surface area contributed by atoms with Crippen molar-refractivity contribution in [2.75, 3.05) is 13.2 Å². The first-order valence-electron chi connectivity index (χ1n) is 30.1. The molecule has 0 spiro atoms.